The van der Waals surface area contributed by atoms with Crippen LogP contribution >= 0.6 is 11.8 Å². The molecule has 0 bridgehead atoms. The summed E-state index contributed by atoms with van der Waals surface area (Å²) in [6.45, 7) is 16.2. The lowest BCUT2D eigenvalue weighted by molar-refractivity contribution is -0.135. The Morgan fingerprint density at radius 2 is 1.42 bits per heavy atom. The van der Waals surface area contributed by atoms with Gasteiger partial charge in [-0.2, -0.15) is 0 Å². The van der Waals surface area contributed by atoms with Crippen molar-refractivity contribution in [2.45, 2.75) is 114 Å². The van der Waals surface area contributed by atoms with Crippen molar-refractivity contribution < 1.29 is 42.9 Å². The van der Waals surface area contributed by atoms with Gasteiger partial charge in [-0.05, 0) is 104 Å². The average molecular weight is 1360 g/mol. The molecule has 12 rings (SSSR count). The van der Waals surface area contributed by atoms with E-state index in [-0.39, 0.29) is 29.4 Å². The van der Waals surface area contributed by atoms with Gasteiger partial charge in [0.25, 0.3) is 17.6 Å². The number of unbranched alkanes of at least 4 members (excludes halogenated alkanes) is 9. The Morgan fingerprint density at radius 1 is 0.747 bits per heavy atom. The Labute approximate surface area is 581 Å². The fourth-order valence-electron chi connectivity index (χ4n) is 11.8. The van der Waals surface area contributed by atoms with Crippen LogP contribution in [0.4, 0.5) is 22.9 Å². The number of aromatic nitrogens is 8. The van der Waals surface area contributed by atoms with Gasteiger partial charge in [0.05, 0.1) is 72.3 Å². The maximum atomic E-state index is 13.8. The highest BCUT2D eigenvalue weighted by molar-refractivity contribution is 8.00. The van der Waals surface area contributed by atoms with Gasteiger partial charge in [-0.25, -0.2) is 19.7 Å². The number of fused-ring (bicyclic) bond motifs is 3. The summed E-state index contributed by atoms with van der Waals surface area (Å²) in [5.41, 5.74) is 7.86. The molecule has 0 radical (unpaired) electrons. The molecule has 6 aromatic carbocycles. The van der Waals surface area contributed by atoms with Crippen molar-refractivity contribution in [2.75, 3.05) is 68.7 Å². The molecule has 10 aromatic rings. The number of rotatable bonds is 26. The molecule has 3 atom stereocenters. The molecule has 514 valence electrons. The molecule has 0 saturated carbocycles. The van der Waals surface area contributed by atoms with Crippen LogP contribution in [0.15, 0.2) is 169 Å². The molecule has 22 nitrogen and oxygen atoms in total. The molecule has 4 amide bonds. The van der Waals surface area contributed by atoms with Crippen molar-refractivity contribution in [1.29, 1.82) is 0 Å². The van der Waals surface area contributed by atoms with Crippen molar-refractivity contribution in [3.05, 3.63) is 210 Å². The molecular weight excluding hydrogens is 1270 g/mol. The molecule has 2 aliphatic rings. The number of imidazole rings is 4. The number of nitrogens with one attached hydrogen (secondary N) is 3. The largest absolute Gasteiger partial charge is 0.491 e. The predicted octanol–water partition coefficient (Wildman–Crippen LogP) is 14.3. The summed E-state index contributed by atoms with van der Waals surface area (Å²) in [6, 6.07) is 44.2. The highest BCUT2D eigenvalue weighted by Gasteiger charge is 2.37. The first-order valence-electron chi connectivity index (χ1n) is 33.7. The first-order valence-corrected chi connectivity index (χ1v) is 34.5. The Bertz CT molecular complexity index is 4350. The third-order valence-electron chi connectivity index (χ3n) is 17.3. The molecule has 3 N–H and O–H groups in total. The minimum Gasteiger partial charge on any atom is -0.491 e. The maximum Gasteiger partial charge on any atom is 0.337 e. The van der Waals surface area contributed by atoms with Gasteiger partial charge < -0.3 is 62.9 Å². The number of esters is 1. The molecular formula is C76H85N13O9S. The average Bonchev–Trinajstić information content (AvgIpc) is 1.63. The molecule has 3 unspecified atom stereocenters. The highest BCUT2D eigenvalue weighted by Crippen LogP contribution is 2.42. The lowest BCUT2D eigenvalue weighted by Crippen LogP contribution is -2.42. The number of nitrogens with zero attached hydrogens (tertiary/aromatic N) is 10. The van der Waals surface area contributed by atoms with Crippen LogP contribution in [0.1, 0.15) is 135 Å². The molecule has 0 spiro atoms. The Morgan fingerprint density at radius 3 is 2.12 bits per heavy atom. The van der Waals surface area contributed by atoms with E-state index in [1.165, 1.54) is 77.2 Å². The molecule has 2 aliphatic heterocycles. The Balaban J connectivity index is 0.000000161. The number of morpholine rings is 1. The highest BCUT2D eigenvalue weighted by atomic mass is 32.2. The number of amides is 4. The summed E-state index contributed by atoms with van der Waals surface area (Å²) in [4.78, 5) is 98.1. The van der Waals surface area contributed by atoms with Crippen molar-refractivity contribution in [2.24, 2.45) is 7.05 Å². The summed E-state index contributed by atoms with van der Waals surface area (Å²) in [5.74, 6) is 1.87. The van der Waals surface area contributed by atoms with Crippen molar-refractivity contribution >= 4 is 86.3 Å². The lowest BCUT2D eigenvalue weighted by atomic mass is 10.1. The van der Waals surface area contributed by atoms with Crippen LogP contribution in [0, 0.1) is 13.5 Å². The second-order valence-corrected chi connectivity index (χ2v) is 25.3. The number of carbonyl (C=O) groups is 5. The fourth-order valence-corrected chi connectivity index (χ4v) is 13.1. The van der Waals surface area contributed by atoms with Crippen LogP contribution < -0.4 is 24.6 Å². The van der Waals surface area contributed by atoms with E-state index in [1.54, 1.807) is 71.3 Å². The van der Waals surface area contributed by atoms with Crippen molar-refractivity contribution in [3.63, 3.8) is 0 Å². The van der Waals surface area contributed by atoms with Gasteiger partial charge in [-0.15, -0.1) is 16.7 Å². The van der Waals surface area contributed by atoms with E-state index in [1.807, 2.05) is 138 Å². The number of H-pyrrole nitrogens is 2. The molecule has 6 heterocycles. The van der Waals surface area contributed by atoms with Gasteiger partial charge in [-0.1, -0.05) is 138 Å². The van der Waals surface area contributed by atoms with Crippen molar-refractivity contribution in [1.82, 2.24) is 43.9 Å². The van der Waals surface area contributed by atoms with E-state index < -0.39 is 23.4 Å². The fraction of sp³-hybridized carbons (Fsp3) is 0.342. The zero-order valence-electron chi connectivity index (χ0n) is 56.9. The van der Waals surface area contributed by atoms with E-state index in [0.717, 1.165) is 63.2 Å². The zero-order chi connectivity index (χ0) is 69.6. The van der Waals surface area contributed by atoms with Gasteiger partial charge in [-0.3, -0.25) is 19.2 Å². The van der Waals surface area contributed by atoms with Crippen LogP contribution in [-0.2, 0) is 42.1 Å². The molecule has 4 aromatic heterocycles. The van der Waals surface area contributed by atoms with Gasteiger partial charge in [0, 0.05) is 69.3 Å². The monoisotopic (exact) mass is 1360 g/mol. The SMILES string of the molecule is CC(=O)N(C)c1ccccc1SC(C(=O)N1CCOCC1)c1nc2ccccc2[nH]1.COC(=O)c1ccc(OC(C(=O)N2CCc3ccccc32)c2nc3ccccc3n2C)cc1.[C-]#[N+]c1nc(C(C(=O)Nc2ccccc2OCCCCCCCCCCCC)n2ccnc2)[nH]c1C. The summed E-state index contributed by atoms with van der Waals surface area (Å²) in [7, 11) is 4.95. The first-order chi connectivity index (χ1) is 48.2. The third kappa shape index (κ3) is 18.2. The standard InChI is InChI=1S/C28H38N6O2.C26H23N3O4.C22H24N4O3S/c1-4-5-6-7-8-9-10-11-12-15-20-36-24-17-14-13-16-23(24)32-28(35)25(34-19-18-30-21-34)27-31-22(2)26(29-3)33-27;1-28-22-10-6-4-8-20(22)27-24(28)23(33-19-13-11-18(12-14-19)26(31)32-2)25(30)29-16-15-17-7-3-5-9-21(17)29;1-15(27)25(2)18-9-5-6-10-19(18)30-20(22(28)26-11-13-29-14-12-26)21-23-16-7-3-4-8-17(16)24-21/h13-14,16-19,21,25H,4-12,15,20H2,1-2H3,(H,31,33)(H,32,35);3-14,23H,15-16H2,1-2H3;3-10,20H,11-14H2,1-2H3,(H,23,24). The second kappa shape index (κ2) is 35.1. The van der Waals surface area contributed by atoms with Crippen LogP contribution in [0.5, 0.6) is 11.5 Å². The molecule has 1 fully saturated rings. The summed E-state index contributed by atoms with van der Waals surface area (Å²) >= 11 is 1.41. The topological polar surface area (TPSA) is 241 Å². The van der Waals surface area contributed by atoms with E-state index in [2.05, 4.69) is 37.0 Å². The van der Waals surface area contributed by atoms with Gasteiger partial charge >= 0.3 is 5.97 Å². The number of para-hydroxylation sites is 8. The molecule has 99 heavy (non-hydrogen) atoms. The summed E-state index contributed by atoms with van der Waals surface area (Å²) in [5, 5.41) is 2.43. The number of thioether (sulfide) groups is 1. The van der Waals surface area contributed by atoms with E-state index in [0.29, 0.717) is 85.4 Å². The van der Waals surface area contributed by atoms with Gasteiger partial charge in [0.1, 0.15) is 22.6 Å². The number of aryl methyl sites for hydroxylation is 2. The predicted molar refractivity (Wildman–Crippen MR) is 384 cm³/mol. The number of carbonyl (C=O) groups excluding carboxylic acids is 5. The third-order valence-corrected chi connectivity index (χ3v) is 18.6. The molecule has 1 saturated heterocycles. The number of aromatic amines is 2. The minimum atomic E-state index is -0.961. The number of hydrogen-bond donors (Lipinski definition) is 3. The van der Waals surface area contributed by atoms with Crippen LogP contribution in [-0.4, -0.2) is 127 Å². The van der Waals surface area contributed by atoms with E-state index in [9.17, 15) is 24.0 Å². The number of benzene rings is 6. The summed E-state index contributed by atoms with van der Waals surface area (Å²) < 4.78 is 26.0. The number of anilines is 3. The van der Waals surface area contributed by atoms with Crippen LogP contribution in [0.25, 0.3) is 26.9 Å². The van der Waals surface area contributed by atoms with E-state index in [4.69, 9.17) is 35.5 Å². The summed E-state index contributed by atoms with van der Waals surface area (Å²) in [6.07, 6.45) is 17.4. The smallest absolute Gasteiger partial charge is 0.337 e. The molecule has 23 heteroatoms. The van der Waals surface area contributed by atoms with Crippen molar-refractivity contribution in [3.8, 4) is 11.5 Å². The second-order valence-electron chi connectivity index (χ2n) is 24.1. The Hall–Kier alpha value is -10.6. The number of ether oxygens (including phenoxy) is 4. The number of methoxy groups -OCH3 is 1. The maximum absolute atomic E-state index is 13.8. The van der Waals surface area contributed by atoms with Crippen LogP contribution in [0.3, 0.4) is 0 Å². The number of hydrogen-bond acceptors (Lipinski definition) is 14. The zero-order valence-corrected chi connectivity index (χ0v) is 57.7. The minimum absolute atomic E-state index is 0.0114. The van der Waals surface area contributed by atoms with Crippen LogP contribution in [0.2, 0.25) is 0 Å². The molecule has 0 aliphatic carbocycles. The normalized spacial score (nSPS) is 13.4. The quantitative estimate of drug-likeness (QED) is 0.0198. The van der Waals surface area contributed by atoms with Gasteiger partial charge in [0.15, 0.2) is 11.9 Å². The lowest BCUT2D eigenvalue weighted by Gasteiger charge is -2.30. The Kier molecular flexibility index (Phi) is 25.2. The van der Waals surface area contributed by atoms with E-state index >= 15 is 0 Å². The van der Waals surface area contributed by atoms with Gasteiger partial charge in [0.2, 0.25) is 23.7 Å². The first kappa shape index (κ1) is 71.2.